The van der Waals surface area contributed by atoms with Gasteiger partial charge in [0.1, 0.15) is 11.5 Å². The quantitative estimate of drug-likeness (QED) is 0.637. The predicted octanol–water partition coefficient (Wildman–Crippen LogP) is 3.34. The van der Waals surface area contributed by atoms with E-state index < -0.39 is 0 Å². The van der Waals surface area contributed by atoms with Crippen molar-refractivity contribution in [2.75, 3.05) is 11.5 Å². The van der Waals surface area contributed by atoms with Crippen molar-refractivity contribution >= 4 is 23.3 Å². The van der Waals surface area contributed by atoms with Gasteiger partial charge >= 0.3 is 0 Å². The molecule has 2 heterocycles. The molecule has 30 heavy (non-hydrogen) atoms. The van der Waals surface area contributed by atoms with Crippen LogP contribution in [-0.2, 0) is 17.9 Å². The van der Waals surface area contributed by atoms with Crippen LogP contribution in [0.3, 0.4) is 0 Å². The Labute approximate surface area is 173 Å². The highest BCUT2D eigenvalue weighted by Crippen LogP contribution is 2.34. The van der Waals surface area contributed by atoms with Crippen LogP contribution in [0.25, 0.3) is 0 Å². The Balaban J connectivity index is 1.54. The first-order valence-electron chi connectivity index (χ1n) is 9.49. The lowest BCUT2D eigenvalue weighted by Crippen LogP contribution is -2.38. The van der Waals surface area contributed by atoms with Crippen molar-refractivity contribution in [3.8, 4) is 5.75 Å². The second-order valence-corrected chi connectivity index (χ2v) is 6.97. The molecule has 0 unspecified atom stereocenters. The Bertz CT molecular complexity index is 1100. The van der Waals surface area contributed by atoms with Crippen LogP contribution in [0.5, 0.6) is 5.75 Å². The number of furan rings is 1. The van der Waals surface area contributed by atoms with Gasteiger partial charge < -0.3 is 19.4 Å². The van der Waals surface area contributed by atoms with Gasteiger partial charge in [0.15, 0.2) is 12.4 Å². The Morgan fingerprint density at radius 3 is 2.70 bits per heavy atom. The first-order valence-corrected chi connectivity index (χ1v) is 9.49. The van der Waals surface area contributed by atoms with E-state index in [1.165, 1.54) is 6.92 Å². The van der Waals surface area contributed by atoms with E-state index in [4.69, 9.17) is 9.15 Å². The van der Waals surface area contributed by atoms with Gasteiger partial charge in [-0.05, 0) is 55.0 Å². The number of nitrogens with zero attached hydrogens (tertiary/aromatic N) is 1. The number of rotatable bonds is 6. The smallest absolute Gasteiger partial charge is 0.265 e. The van der Waals surface area contributed by atoms with E-state index in [0.717, 1.165) is 5.56 Å². The molecule has 1 aliphatic heterocycles. The third-order valence-electron chi connectivity index (χ3n) is 4.84. The van der Waals surface area contributed by atoms with Gasteiger partial charge in [-0.3, -0.25) is 14.4 Å². The van der Waals surface area contributed by atoms with Gasteiger partial charge in [-0.15, -0.1) is 0 Å². The summed E-state index contributed by atoms with van der Waals surface area (Å²) in [7, 11) is 0. The lowest BCUT2D eigenvalue weighted by Gasteiger charge is -2.30. The molecule has 3 aromatic rings. The van der Waals surface area contributed by atoms with E-state index in [0.29, 0.717) is 34.9 Å². The molecule has 1 aliphatic rings. The van der Waals surface area contributed by atoms with E-state index >= 15 is 0 Å². The predicted molar refractivity (Wildman–Crippen MR) is 109 cm³/mol. The second kappa shape index (κ2) is 8.24. The lowest BCUT2D eigenvalue weighted by atomic mass is 10.1. The molecule has 0 saturated carbocycles. The molecule has 0 saturated heterocycles. The summed E-state index contributed by atoms with van der Waals surface area (Å²) in [4.78, 5) is 38.3. The van der Waals surface area contributed by atoms with Crippen LogP contribution in [0.1, 0.15) is 39.0 Å². The lowest BCUT2D eigenvalue weighted by molar-refractivity contribution is -0.121. The van der Waals surface area contributed by atoms with Gasteiger partial charge in [0.05, 0.1) is 25.0 Å². The van der Waals surface area contributed by atoms with Crippen molar-refractivity contribution in [2.24, 2.45) is 0 Å². The van der Waals surface area contributed by atoms with E-state index in [2.05, 4.69) is 5.32 Å². The number of Topliss-reactive ketones (excluding diaryl/α,β-unsaturated/α-hetero) is 1. The third kappa shape index (κ3) is 4.10. The fourth-order valence-corrected chi connectivity index (χ4v) is 3.27. The Morgan fingerprint density at radius 2 is 1.93 bits per heavy atom. The molecule has 0 bridgehead atoms. The van der Waals surface area contributed by atoms with Gasteiger partial charge in [0.2, 0.25) is 0 Å². The minimum Gasteiger partial charge on any atom is -0.482 e. The molecule has 7 nitrogen and oxygen atoms in total. The number of nitrogens with one attached hydrogen (secondary N) is 1. The van der Waals surface area contributed by atoms with Crippen molar-refractivity contribution in [3.63, 3.8) is 0 Å². The molecule has 2 aromatic carbocycles. The Morgan fingerprint density at radius 1 is 1.07 bits per heavy atom. The summed E-state index contributed by atoms with van der Waals surface area (Å²) >= 11 is 0. The number of ether oxygens (including phenoxy) is 1. The number of benzene rings is 2. The monoisotopic (exact) mass is 404 g/mol. The van der Waals surface area contributed by atoms with Crippen LogP contribution in [0.4, 0.5) is 5.69 Å². The van der Waals surface area contributed by atoms with E-state index in [-0.39, 0.29) is 30.7 Å². The molecule has 7 heteroatoms. The largest absolute Gasteiger partial charge is 0.482 e. The number of ketones is 1. The van der Waals surface area contributed by atoms with Gasteiger partial charge in [-0.25, -0.2) is 0 Å². The summed E-state index contributed by atoms with van der Waals surface area (Å²) in [6.07, 6.45) is 1.55. The summed E-state index contributed by atoms with van der Waals surface area (Å²) < 4.78 is 10.7. The van der Waals surface area contributed by atoms with Gasteiger partial charge in [0.25, 0.3) is 11.8 Å². The molecule has 1 N–H and O–H groups in total. The molecular formula is C23H20N2O5. The Hall–Kier alpha value is -3.87. The number of hydrogen-bond donors (Lipinski definition) is 1. The minimum absolute atomic E-state index is 0.0737. The average Bonchev–Trinajstić information content (AvgIpc) is 3.27. The highest BCUT2D eigenvalue weighted by Gasteiger charge is 2.26. The first-order chi connectivity index (χ1) is 14.5. The number of hydrogen-bond acceptors (Lipinski definition) is 5. The average molecular weight is 404 g/mol. The standard InChI is InChI=1S/C23H20N2O5/c1-15(26)17-7-8-21-20(11-17)25(22(27)14-30-21)13-16-4-2-5-18(10-16)23(28)24-12-19-6-3-9-29-19/h2-11H,12-14H2,1H3,(H,24,28). The van der Waals surface area contributed by atoms with Crippen molar-refractivity contribution in [1.82, 2.24) is 5.32 Å². The zero-order valence-electron chi connectivity index (χ0n) is 16.4. The summed E-state index contributed by atoms with van der Waals surface area (Å²) in [5, 5.41) is 2.81. The van der Waals surface area contributed by atoms with E-state index in [9.17, 15) is 14.4 Å². The fourth-order valence-electron chi connectivity index (χ4n) is 3.27. The first kappa shape index (κ1) is 19.4. The topological polar surface area (TPSA) is 88.9 Å². The summed E-state index contributed by atoms with van der Waals surface area (Å²) in [5.74, 6) is 0.672. The van der Waals surface area contributed by atoms with Crippen LogP contribution in [0, 0.1) is 0 Å². The number of amides is 2. The molecule has 152 valence electrons. The van der Waals surface area contributed by atoms with Gasteiger partial charge in [-0.2, -0.15) is 0 Å². The molecule has 0 spiro atoms. The molecule has 0 fully saturated rings. The van der Waals surface area contributed by atoms with Crippen molar-refractivity contribution in [2.45, 2.75) is 20.0 Å². The fraction of sp³-hybridized carbons (Fsp3) is 0.174. The zero-order chi connectivity index (χ0) is 21.1. The maximum absolute atomic E-state index is 12.5. The molecule has 0 radical (unpaired) electrons. The van der Waals surface area contributed by atoms with Crippen LogP contribution in [-0.4, -0.2) is 24.2 Å². The number of fused-ring (bicyclic) bond motifs is 1. The minimum atomic E-state index is -0.235. The molecule has 2 amide bonds. The maximum atomic E-state index is 12.5. The summed E-state index contributed by atoms with van der Waals surface area (Å²) in [6, 6.07) is 15.7. The molecule has 0 atom stereocenters. The molecule has 4 rings (SSSR count). The van der Waals surface area contributed by atoms with Crippen LogP contribution >= 0.6 is 0 Å². The summed E-state index contributed by atoms with van der Waals surface area (Å²) in [5.41, 5.74) is 2.32. The van der Waals surface area contributed by atoms with Gasteiger partial charge in [0, 0.05) is 11.1 Å². The van der Waals surface area contributed by atoms with Crippen LogP contribution < -0.4 is 15.0 Å². The second-order valence-electron chi connectivity index (χ2n) is 6.97. The number of anilines is 1. The van der Waals surface area contributed by atoms with Crippen molar-refractivity contribution in [3.05, 3.63) is 83.3 Å². The molecular weight excluding hydrogens is 384 g/mol. The highest BCUT2D eigenvalue weighted by atomic mass is 16.5. The molecule has 0 aliphatic carbocycles. The van der Waals surface area contributed by atoms with Crippen LogP contribution in [0.2, 0.25) is 0 Å². The molecule has 1 aromatic heterocycles. The normalized spacial score (nSPS) is 12.8. The van der Waals surface area contributed by atoms with E-state index in [1.807, 2.05) is 6.07 Å². The van der Waals surface area contributed by atoms with Crippen LogP contribution in [0.15, 0.2) is 65.3 Å². The highest BCUT2D eigenvalue weighted by molar-refractivity contribution is 6.01. The number of carbonyl (C=O) groups is 3. The maximum Gasteiger partial charge on any atom is 0.265 e. The zero-order valence-corrected chi connectivity index (χ0v) is 16.4. The van der Waals surface area contributed by atoms with Crippen molar-refractivity contribution in [1.29, 1.82) is 0 Å². The van der Waals surface area contributed by atoms with Crippen molar-refractivity contribution < 1.29 is 23.5 Å². The van der Waals surface area contributed by atoms with Gasteiger partial charge in [-0.1, -0.05) is 12.1 Å². The number of carbonyl (C=O) groups excluding carboxylic acids is 3. The Kier molecular flexibility index (Phi) is 5.34. The third-order valence-corrected chi connectivity index (χ3v) is 4.84. The van der Waals surface area contributed by atoms with E-state index in [1.54, 1.807) is 59.7 Å². The SMILES string of the molecule is CC(=O)c1ccc2c(c1)N(Cc1cccc(C(=O)NCc3ccco3)c1)C(=O)CO2. The summed E-state index contributed by atoms with van der Waals surface area (Å²) in [6.45, 7) is 1.95.